The quantitative estimate of drug-likeness (QED) is 0.884. The molecule has 2 aliphatic heterocycles. The smallest absolute Gasteiger partial charge is 0.251 e. The van der Waals surface area contributed by atoms with Gasteiger partial charge in [-0.3, -0.25) is 4.79 Å². The maximum absolute atomic E-state index is 12.6. The zero-order chi connectivity index (χ0) is 17.2. The van der Waals surface area contributed by atoms with Crippen LogP contribution < -0.4 is 10.2 Å². The Labute approximate surface area is 150 Å². The van der Waals surface area contributed by atoms with E-state index in [9.17, 15) is 4.79 Å². The lowest BCUT2D eigenvalue weighted by Gasteiger charge is -2.36. The second-order valence-corrected chi connectivity index (χ2v) is 7.67. The van der Waals surface area contributed by atoms with E-state index in [4.69, 9.17) is 0 Å². The minimum absolute atomic E-state index is 0.0917. The van der Waals surface area contributed by atoms with Gasteiger partial charge < -0.3 is 10.2 Å². The number of carbonyl (C=O) groups is 1. The summed E-state index contributed by atoms with van der Waals surface area (Å²) in [6, 6.07) is 20.4. The number of aryl methyl sites for hydroxylation is 1. The lowest BCUT2D eigenvalue weighted by atomic mass is 9.96. The summed E-state index contributed by atoms with van der Waals surface area (Å²) in [5, 5.41) is 3.31. The van der Waals surface area contributed by atoms with E-state index in [-0.39, 0.29) is 5.91 Å². The number of nitrogens with one attached hydrogen (secondary N) is 2. The molecular formula is C22H27N2O+. The van der Waals surface area contributed by atoms with Gasteiger partial charge in [0.1, 0.15) is 6.54 Å². The Kier molecular flexibility index (Phi) is 4.58. The first-order valence-electron chi connectivity index (χ1n) is 9.46. The molecule has 2 bridgehead atoms. The molecule has 1 amide bonds. The lowest BCUT2D eigenvalue weighted by molar-refractivity contribution is -0.954. The molecule has 2 fully saturated rings. The van der Waals surface area contributed by atoms with Gasteiger partial charge in [0.25, 0.3) is 5.91 Å². The zero-order valence-corrected chi connectivity index (χ0v) is 14.9. The second-order valence-electron chi connectivity index (χ2n) is 7.67. The van der Waals surface area contributed by atoms with Crippen LogP contribution in [0.1, 0.15) is 47.2 Å². The van der Waals surface area contributed by atoms with Crippen molar-refractivity contribution >= 4 is 5.91 Å². The van der Waals surface area contributed by atoms with Crippen molar-refractivity contribution in [2.24, 2.45) is 0 Å². The predicted octanol–water partition coefficient (Wildman–Crippen LogP) is 2.50. The molecule has 0 saturated carbocycles. The van der Waals surface area contributed by atoms with E-state index in [1.54, 1.807) is 4.90 Å². The minimum atomic E-state index is 0.0917. The van der Waals surface area contributed by atoms with Gasteiger partial charge in [0.05, 0.1) is 12.1 Å². The second kappa shape index (κ2) is 7.01. The summed E-state index contributed by atoms with van der Waals surface area (Å²) in [5.74, 6) is 0.0917. The van der Waals surface area contributed by atoms with Gasteiger partial charge in [-0.2, -0.15) is 0 Å². The standard InChI is InChI=1S/C22H26N2O/c1-16-7-5-6-10-21(16)22(25)23-18-13-19-11-12-20(14-18)24(19)15-17-8-3-2-4-9-17/h2-10,18-20H,11-15H2,1H3,(H,23,25)/p+1/t18?,19-,20+. The predicted molar refractivity (Wildman–Crippen MR) is 99.6 cm³/mol. The Morgan fingerprint density at radius 1 is 1.00 bits per heavy atom. The third kappa shape index (κ3) is 3.47. The normalized spacial score (nSPS) is 27.9. The summed E-state index contributed by atoms with van der Waals surface area (Å²) in [6.07, 6.45) is 4.81. The molecule has 130 valence electrons. The van der Waals surface area contributed by atoms with Gasteiger partial charge in [0.2, 0.25) is 0 Å². The van der Waals surface area contributed by atoms with E-state index in [1.807, 2.05) is 31.2 Å². The molecule has 0 radical (unpaired) electrons. The summed E-state index contributed by atoms with van der Waals surface area (Å²) in [6.45, 7) is 3.12. The number of amides is 1. The lowest BCUT2D eigenvalue weighted by Crippen LogP contribution is -3.17. The van der Waals surface area contributed by atoms with Gasteiger partial charge in [0.15, 0.2) is 0 Å². The highest BCUT2D eigenvalue weighted by Crippen LogP contribution is 2.24. The fraction of sp³-hybridized carbons (Fsp3) is 0.409. The van der Waals surface area contributed by atoms with Gasteiger partial charge >= 0.3 is 0 Å². The molecule has 3 nitrogen and oxygen atoms in total. The summed E-state index contributed by atoms with van der Waals surface area (Å²) >= 11 is 0. The molecule has 0 aliphatic carbocycles. The molecule has 2 N–H and O–H groups in total. The summed E-state index contributed by atoms with van der Waals surface area (Å²) in [4.78, 5) is 14.4. The molecule has 4 atom stereocenters. The van der Waals surface area contributed by atoms with Gasteiger partial charge in [0, 0.05) is 42.9 Å². The highest BCUT2D eigenvalue weighted by molar-refractivity contribution is 5.95. The fourth-order valence-electron chi connectivity index (χ4n) is 4.76. The molecule has 2 heterocycles. The molecule has 25 heavy (non-hydrogen) atoms. The van der Waals surface area contributed by atoms with Crippen molar-refractivity contribution in [3.63, 3.8) is 0 Å². The molecule has 4 rings (SSSR count). The average molecular weight is 335 g/mol. The van der Waals surface area contributed by atoms with Crippen LogP contribution >= 0.6 is 0 Å². The Morgan fingerprint density at radius 2 is 1.64 bits per heavy atom. The van der Waals surface area contributed by atoms with Crippen LogP contribution in [0.4, 0.5) is 0 Å². The van der Waals surface area contributed by atoms with Crippen molar-refractivity contribution in [1.29, 1.82) is 0 Å². The van der Waals surface area contributed by atoms with Gasteiger partial charge in [-0.25, -0.2) is 0 Å². The monoisotopic (exact) mass is 335 g/mol. The van der Waals surface area contributed by atoms with Crippen molar-refractivity contribution in [2.75, 3.05) is 0 Å². The molecule has 0 aromatic heterocycles. The van der Waals surface area contributed by atoms with Crippen molar-refractivity contribution in [2.45, 2.75) is 57.3 Å². The first-order chi connectivity index (χ1) is 12.2. The first kappa shape index (κ1) is 16.3. The largest absolute Gasteiger partial charge is 0.349 e. The van der Waals surface area contributed by atoms with Crippen LogP contribution in [-0.4, -0.2) is 24.0 Å². The fourth-order valence-corrected chi connectivity index (χ4v) is 4.76. The molecule has 3 heteroatoms. The number of benzene rings is 2. The first-order valence-corrected chi connectivity index (χ1v) is 9.46. The number of piperidine rings is 1. The van der Waals surface area contributed by atoms with Gasteiger partial charge in [-0.15, -0.1) is 0 Å². The number of hydrogen-bond donors (Lipinski definition) is 2. The Balaban J connectivity index is 1.40. The maximum atomic E-state index is 12.6. The molecule has 2 aromatic rings. The van der Waals surface area contributed by atoms with Crippen molar-refractivity contribution in [3.8, 4) is 0 Å². The number of carbonyl (C=O) groups excluding carboxylic acids is 1. The average Bonchev–Trinajstić information content (AvgIpc) is 2.85. The van der Waals surface area contributed by atoms with Crippen molar-refractivity contribution in [3.05, 3.63) is 71.3 Å². The van der Waals surface area contributed by atoms with Gasteiger partial charge in [-0.05, 0) is 18.6 Å². The van der Waals surface area contributed by atoms with Crippen LogP contribution in [0, 0.1) is 6.92 Å². The highest BCUT2D eigenvalue weighted by atomic mass is 16.1. The van der Waals surface area contributed by atoms with E-state index >= 15 is 0 Å². The number of fused-ring (bicyclic) bond motifs is 2. The van der Waals surface area contributed by atoms with Crippen molar-refractivity contribution in [1.82, 2.24) is 5.32 Å². The topological polar surface area (TPSA) is 33.5 Å². The number of rotatable bonds is 4. The van der Waals surface area contributed by atoms with Crippen LogP contribution in [0.2, 0.25) is 0 Å². The zero-order valence-electron chi connectivity index (χ0n) is 14.9. The third-order valence-corrected chi connectivity index (χ3v) is 6.03. The maximum Gasteiger partial charge on any atom is 0.251 e. The molecular weight excluding hydrogens is 308 g/mol. The van der Waals surface area contributed by atoms with Crippen molar-refractivity contribution < 1.29 is 9.69 Å². The van der Waals surface area contributed by atoms with Crippen LogP contribution in [0.25, 0.3) is 0 Å². The molecule has 0 spiro atoms. The molecule has 2 saturated heterocycles. The van der Waals surface area contributed by atoms with Gasteiger partial charge in [-0.1, -0.05) is 48.5 Å². The van der Waals surface area contributed by atoms with Crippen LogP contribution in [0.15, 0.2) is 54.6 Å². The number of quaternary nitrogens is 1. The summed E-state index contributed by atoms with van der Waals surface area (Å²) in [5.41, 5.74) is 3.29. The van der Waals surface area contributed by atoms with Crippen LogP contribution in [0.3, 0.4) is 0 Å². The summed E-state index contributed by atoms with van der Waals surface area (Å²) < 4.78 is 0. The number of hydrogen-bond acceptors (Lipinski definition) is 1. The summed E-state index contributed by atoms with van der Waals surface area (Å²) in [7, 11) is 0. The Hall–Kier alpha value is -2.13. The van der Waals surface area contributed by atoms with E-state index in [1.165, 1.54) is 18.4 Å². The molecule has 2 aromatic carbocycles. The Morgan fingerprint density at radius 3 is 2.32 bits per heavy atom. The minimum Gasteiger partial charge on any atom is -0.349 e. The molecule has 2 aliphatic rings. The molecule has 2 unspecified atom stereocenters. The van der Waals surface area contributed by atoms with E-state index in [2.05, 4.69) is 35.6 Å². The highest BCUT2D eigenvalue weighted by Gasteiger charge is 2.44. The van der Waals surface area contributed by atoms with Crippen LogP contribution in [0.5, 0.6) is 0 Å². The Bertz CT molecular complexity index is 729. The van der Waals surface area contributed by atoms with E-state index < -0.39 is 0 Å². The SMILES string of the molecule is Cc1ccccc1C(=O)NC1C[C@H]2CC[C@@H](C1)[NH+]2Cc1ccccc1. The van der Waals surface area contributed by atoms with E-state index in [0.29, 0.717) is 18.1 Å². The third-order valence-electron chi connectivity index (χ3n) is 6.03. The van der Waals surface area contributed by atoms with E-state index in [0.717, 1.165) is 30.5 Å². The van der Waals surface area contributed by atoms with Crippen LogP contribution in [-0.2, 0) is 6.54 Å².